The molecule has 36 heavy (non-hydrogen) atoms. The summed E-state index contributed by atoms with van der Waals surface area (Å²) in [7, 11) is -2.33. The molecule has 0 unspecified atom stereocenters. The molecule has 188 valence electrons. The van der Waals surface area contributed by atoms with Crippen molar-refractivity contribution < 1.29 is 13.2 Å². The second kappa shape index (κ2) is 9.91. The lowest BCUT2D eigenvalue weighted by molar-refractivity contribution is 0.179. The van der Waals surface area contributed by atoms with Gasteiger partial charge in [-0.05, 0) is 30.7 Å². The molecule has 1 saturated heterocycles. The highest BCUT2D eigenvalue weighted by atomic mass is 35.5. The Bertz CT molecular complexity index is 1590. The SMILES string of the molecule is COc1ccc(Cl)cc1S(=O)(=O)N1CCN(Cc2cc(=O)n3nc(-c4ccccc4C)sc3n2)CC1. The minimum atomic E-state index is -3.76. The number of methoxy groups -OCH3 is 1. The minimum Gasteiger partial charge on any atom is -0.495 e. The van der Waals surface area contributed by atoms with Crippen LogP contribution in [-0.4, -0.2) is 65.5 Å². The molecule has 1 aliphatic heterocycles. The van der Waals surface area contributed by atoms with E-state index >= 15 is 0 Å². The molecule has 0 radical (unpaired) electrons. The fourth-order valence-electron chi connectivity index (χ4n) is 4.21. The predicted octanol–water partition coefficient (Wildman–Crippen LogP) is 3.29. The van der Waals surface area contributed by atoms with Gasteiger partial charge in [0.2, 0.25) is 15.0 Å². The third kappa shape index (κ3) is 4.76. The van der Waals surface area contributed by atoms with E-state index in [0.717, 1.165) is 16.1 Å². The molecular formula is C24H24ClN5O4S2. The Hall–Kier alpha value is -2.83. The van der Waals surface area contributed by atoms with Crippen molar-refractivity contribution in [2.24, 2.45) is 0 Å². The molecule has 5 rings (SSSR count). The number of piperazine rings is 1. The van der Waals surface area contributed by atoms with Crippen molar-refractivity contribution in [2.45, 2.75) is 18.4 Å². The average molecular weight is 546 g/mol. The van der Waals surface area contributed by atoms with Crippen molar-refractivity contribution in [1.82, 2.24) is 23.8 Å². The molecular weight excluding hydrogens is 522 g/mol. The lowest BCUT2D eigenvalue weighted by Crippen LogP contribution is -2.48. The van der Waals surface area contributed by atoms with Crippen LogP contribution in [0.4, 0.5) is 0 Å². The van der Waals surface area contributed by atoms with E-state index in [1.54, 1.807) is 12.1 Å². The summed E-state index contributed by atoms with van der Waals surface area (Å²) in [5.41, 5.74) is 2.45. The van der Waals surface area contributed by atoms with Crippen LogP contribution < -0.4 is 10.3 Å². The fraction of sp³-hybridized carbons (Fsp3) is 0.292. The van der Waals surface area contributed by atoms with E-state index in [4.69, 9.17) is 16.3 Å². The van der Waals surface area contributed by atoms with Crippen LogP contribution >= 0.6 is 22.9 Å². The van der Waals surface area contributed by atoms with Crippen LogP contribution in [0.15, 0.2) is 58.2 Å². The van der Waals surface area contributed by atoms with Crippen LogP contribution in [-0.2, 0) is 16.6 Å². The minimum absolute atomic E-state index is 0.0562. The molecule has 2 aromatic carbocycles. The summed E-state index contributed by atoms with van der Waals surface area (Å²) in [5, 5.41) is 5.54. The number of fused-ring (bicyclic) bond motifs is 1. The number of nitrogens with zero attached hydrogens (tertiary/aromatic N) is 5. The van der Waals surface area contributed by atoms with Gasteiger partial charge in [-0.15, -0.1) is 0 Å². The Labute approximate surface area is 217 Å². The molecule has 4 aromatic rings. The molecule has 0 N–H and O–H groups in total. The highest BCUT2D eigenvalue weighted by Crippen LogP contribution is 2.30. The number of rotatable bonds is 6. The molecule has 1 fully saturated rings. The fourth-order valence-corrected chi connectivity index (χ4v) is 7.06. The summed E-state index contributed by atoms with van der Waals surface area (Å²) >= 11 is 7.42. The van der Waals surface area contributed by atoms with Crippen LogP contribution in [0.2, 0.25) is 5.02 Å². The maximum Gasteiger partial charge on any atom is 0.275 e. The molecule has 2 aromatic heterocycles. The number of halogens is 1. The Morgan fingerprint density at radius 2 is 1.83 bits per heavy atom. The Morgan fingerprint density at radius 3 is 2.56 bits per heavy atom. The van der Waals surface area contributed by atoms with E-state index < -0.39 is 10.0 Å². The Morgan fingerprint density at radius 1 is 1.08 bits per heavy atom. The number of ether oxygens (including phenoxy) is 1. The van der Waals surface area contributed by atoms with Gasteiger partial charge in [-0.25, -0.2) is 13.4 Å². The van der Waals surface area contributed by atoms with Crippen LogP contribution in [0.3, 0.4) is 0 Å². The summed E-state index contributed by atoms with van der Waals surface area (Å²) < 4.78 is 34.5. The molecule has 0 bridgehead atoms. The molecule has 3 heterocycles. The number of hydrogen-bond donors (Lipinski definition) is 0. The molecule has 12 heteroatoms. The Balaban J connectivity index is 1.31. The average Bonchev–Trinajstić information content (AvgIpc) is 3.29. The quantitative estimate of drug-likeness (QED) is 0.367. The molecule has 0 spiro atoms. The molecule has 0 saturated carbocycles. The van der Waals surface area contributed by atoms with Crippen LogP contribution in [0.25, 0.3) is 15.5 Å². The topological polar surface area (TPSA) is 97.1 Å². The second-order valence-corrected chi connectivity index (χ2v) is 11.8. The first-order valence-electron chi connectivity index (χ1n) is 11.3. The van der Waals surface area contributed by atoms with Crippen molar-refractivity contribution in [2.75, 3.05) is 33.3 Å². The van der Waals surface area contributed by atoms with Crippen molar-refractivity contribution in [3.8, 4) is 16.3 Å². The van der Waals surface area contributed by atoms with Gasteiger partial charge in [-0.3, -0.25) is 9.69 Å². The van der Waals surface area contributed by atoms with E-state index in [-0.39, 0.29) is 16.2 Å². The summed E-state index contributed by atoms with van der Waals surface area (Å²) in [5.74, 6) is 0.259. The summed E-state index contributed by atoms with van der Waals surface area (Å²) in [6.07, 6.45) is 0. The summed E-state index contributed by atoms with van der Waals surface area (Å²) in [4.78, 5) is 20.1. The van der Waals surface area contributed by atoms with Gasteiger partial charge in [-0.1, -0.05) is 47.2 Å². The van der Waals surface area contributed by atoms with Crippen LogP contribution in [0.5, 0.6) is 5.75 Å². The second-order valence-electron chi connectivity index (χ2n) is 8.48. The van der Waals surface area contributed by atoms with Gasteiger partial charge in [-0.2, -0.15) is 13.9 Å². The number of sulfonamides is 1. The summed E-state index contributed by atoms with van der Waals surface area (Å²) in [6.45, 7) is 4.05. The van der Waals surface area contributed by atoms with Crippen LogP contribution in [0.1, 0.15) is 11.3 Å². The molecule has 0 aliphatic carbocycles. The van der Waals surface area contributed by atoms with E-state index in [1.807, 2.05) is 31.2 Å². The zero-order valence-corrected chi connectivity index (χ0v) is 22.1. The smallest absolute Gasteiger partial charge is 0.275 e. The lowest BCUT2D eigenvalue weighted by Gasteiger charge is -2.33. The van der Waals surface area contributed by atoms with E-state index in [1.165, 1.54) is 39.4 Å². The highest BCUT2D eigenvalue weighted by molar-refractivity contribution is 7.89. The van der Waals surface area contributed by atoms with E-state index in [9.17, 15) is 13.2 Å². The van der Waals surface area contributed by atoms with E-state index in [2.05, 4.69) is 15.0 Å². The lowest BCUT2D eigenvalue weighted by atomic mass is 10.1. The monoisotopic (exact) mass is 545 g/mol. The first-order chi connectivity index (χ1) is 17.3. The standard InChI is InChI=1S/C24H24ClN5O4S2/c1-16-5-3-4-6-19(16)23-27-30-22(31)14-18(26-24(30)35-23)15-28-9-11-29(12-10-28)36(32,33)21-13-17(25)7-8-20(21)34-2/h3-8,13-14H,9-12,15H2,1-2H3. The van der Waals surface area contributed by atoms with Gasteiger partial charge < -0.3 is 4.74 Å². The first kappa shape index (κ1) is 24.8. The predicted molar refractivity (Wildman–Crippen MR) is 139 cm³/mol. The Kier molecular flexibility index (Phi) is 6.84. The zero-order chi connectivity index (χ0) is 25.4. The van der Waals surface area contributed by atoms with Crippen molar-refractivity contribution in [1.29, 1.82) is 0 Å². The molecule has 0 atom stereocenters. The third-order valence-electron chi connectivity index (χ3n) is 6.13. The van der Waals surface area contributed by atoms with Crippen molar-refractivity contribution >= 4 is 37.9 Å². The van der Waals surface area contributed by atoms with Gasteiger partial charge >= 0.3 is 0 Å². The third-order valence-corrected chi connectivity index (χ3v) is 9.23. The van der Waals surface area contributed by atoms with Crippen molar-refractivity contribution in [3.05, 3.63) is 75.2 Å². The van der Waals surface area contributed by atoms with Gasteiger partial charge in [0.15, 0.2) is 0 Å². The largest absolute Gasteiger partial charge is 0.495 e. The molecule has 0 amide bonds. The number of benzene rings is 2. The molecule has 1 aliphatic rings. The summed E-state index contributed by atoms with van der Waals surface area (Å²) in [6, 6.07) is 13.9. The van der Waals surface area contributed by atoms with Gasteiger partial charge in [0.25, 0.3) is 5.56 Å². The van der Waals surface area contributed by atoms with Gasteiger partial charge in [0, 0.05) is 49.4 Å². The number of aryl methyl sites for hydroxylation is 1. The highest BCUT2D eigenvalue weighted by Gasteiger charge is 2.31. The molecule has 9 nitrogen and oxygen atoms in total. The zero-order valence-electron chi connectivity index (χ0n) is 19.7. The van der Waals surface area contributed by atoms with Gasteiger partial charge in [0.1, 0.15) is 15.7 Å². The normalized spacial score (nSPS) is 15.4. The number of aromatic nitrogens is 3. The number of hydrogen-bond acceptors (Lipinski definition) is 8. The maximum absolute atomic E-state index is 13.2. The van der Waals surface area contributed by atoms with E-state index in [0.29, 0.717) is 48.4 Å². The first-order valence-corrected chi connectivity index (χ1v) is 13.9. The van der Waals surface area contributed by atoms with Crippen molar-refractivity contribution in [3.63, 3.8) is 0 Å². The van der Waals surface area contributed by atoms with Crippen LogP contribution in [0, 0.1) is 6.92 Å². The van der Waals surface area contributed by atoms with Gasteiger partial charge in [0.05, 0.1) is 12.8 Å². The maximum atomic E-state index is 13.2.